The summed E-state index contributed by atoms with van der Waals surface area (Å²) in [6, 6.07) is 3.72. The van der Waals surface area contributed by atoms with Crippen molar-refractivity contribution in [3.63, 3.8) is 0 Å². The molecule has 0 aliphatic carbocycles. The normalized spacial score (nSPS) is 12.9. The van der Waals surface area contributed by atoms with Gasteiger partial charge in [0.25, 0.3) is 0 Å². The molecule has 78 valence electrons. The molecule has 0 spiro atoms. The Morgan fingerprint density at radius 1 is 1.43 bits per heavy atom. The quantitative estimate of drug-likeness (QED) is 0.733. The summed E-state index contributed by atoms with van der Waals surface area (Å²) in [4.78, 5) is 3.99. The number of hydrogen-bond acceptors (Lipinski definition) is 2. The monoisotopic (exact) mass is 249 g/mol. The van der Waals surface area contributed by atoms with Crippen LogP contribution >= 0.6 is 35.0 Å². The van der Waals surface area contributed by atoms with Crippen LogP contribution in [0, 0.1) is 0 Å². The van der Waals surface area contributed by atoms with E-state index in [0.717, 1.165) is 11.3 Å². The van der Waals surface area contributed by atoms with E-state index in [9.17, 15) is 0 Å². The topological polar surface area (TPSA) is 12.9 Å². The Kier molecular flexibility index (Phi) is 5.07. The fourth-order valence-electron chi connectivity index (χ4n) is 0.899. The SMILES string of the molecule is CCC(C)SCc1ccc(Cl)nc1Cl. The Hall–Kier alpha value is 0.0800. The third-order valence-corrected chi connectivity index (χ3v) is 3.91. The number of thioether (sulfide) groups is 1. The van der Waals surface area contributed by atoms with E-state index in [1.165, 1.54) is 6.42 Å². The van der Waals surface area contributed by atoms with Gasteiger partial charge in [0.15, 0.2) is 0 Å². The largest absolute Gasteiger partial charge is 0.224 e. The van der Waals surface area contributed by atoms with Crippen molar-refractivity contribution in [2.75, 3.05) is 0 Å². The summed E-state index contributed by atoms with van der Waals surface area (Å²) < 4.78 is 0. The summed E-state index contributed by atoms with van der Waals surface area (Å²) in [6.07, 6.45) is 1.17. The molecule has 1 nitrogen and oxygen atoms in total. The molecule has 0 aliphatic rings. The van der Waals surface area contributed by atoms with E-state index < -0.39 is 0 Å². The standard InChI is InChI=1S/C10H13Cl2NS/c1-3-7(2)14-6-8-4-5-9(11)13-10(8)12/h4-5,7H,3,6H2,1-2H3. The molecule has 0 fully saturated rings. The van der Waals surface area contributed by atoms with Gasteiger partial charge in [0.05, 0.1) is 0 Å². The molecule has 1 heterocycles. The van der Waals surface area contributed by atoms with Crippen molar-refractivity contribution in [1.82, 2.24) is 4.98 Å². The van der Waals surface area contributed by atoms with E-state index in [2.05, 4.69) is 18.8 Å². The summed E-state index contributed by atoms with van der Waals surface area (Å²) >= 11 is 13.5. The smallest absolute Gasteiger partial charge is 0.134 e. The molecule has 4 heteroatoms. The van der Waals surface area contributed by atoms with Gasteiger partial charge in [-0.3, -0.25) is 0 Å². The summed E-state index contributed by atoms with van der Waals surface area (Å²) in [5.74, 6) is 0.901. The van der Waals surface area contributed by atoms with E-state index in [-0.39, 0.29) is 0 Å². The van der Waals surface area contributed by atoms with Crippen LogP contribution in [0.15, 0.2) is 12.1 Å². The van der Waals surface area contributed by atoms with Gasteiger partial charge in [-0.25, -0.2) is 4.98 Å². The van der Waals surface area contributed by atoms with Crippen LogP contribution in [0.5, 0.6) is 0 Å². The van der Waals surface area contributed by atoms with Crippen LogP contribution in [0.4, 0.5) is 0 Å². The van der Waals surface area contributed by atoms with Crippen LogP contribution in [0.2, 0.25) is 10.3 Å². The van der Waals surface area contributed by atoms with Crippen LogP contribution in [0.1, 0.15) is 25.8 Å². The van der Waals surface area contributed by atoms with Gasteiger partial charge in [0.2, 0.25) is 0 Å². The molecule has 1 aromatic rings. The van der Waals surface area contributed by atoms with E-state index in [4.69, 9.17) is 23.2 Å². The molecular formula is C10H13Cl2NS. The average Bonchev–Trinajstić information content (AvgIpc) is 2.16. The van der Waals surface area contributed by atoms with E-state index in [0.29, 0.717) is 15.6 Å². The van der Waals surface area contributed by atoms with Gasteiger partial charge in [0, 0.05) is 11.0 Å². The number of halogens is 2. The highest BCUT2D eigenvalue weighted by molar-refractivity contribution is 7.99. The average molecular weight is 250 g/mol. The predicted octanol–water partition coefficient (Wildman–Crippen LogP) is 4.42. The number of rotatable bonds is 4. The van der Waals surface area contributed by atoms with Gasteiger partial charge < -0.3 is 0 Å². The zero-order valence-electron chi connectivity index (χ0n) is 8.26. The fourth-order valence-corrected chi connectivity index (χ4v) is 2.32. The number of aromatic nitrogens is 1. The first-order valence-corrected chi connectivity index (χ1v) is 6.36. The molecule has 0 saturated heterocycles. The Bertz CT molecular complexity index is 304. The first-order chi connectivity index (χ1) is 6.63. The Labute approximate surface area is 99.2 Å². The van der Waals surface area contributed by atoms with Crippen LogP contribution < -0.4 is 0 Å². The maximum atomic E-state index is 5.95. The van der Waals surface area contributed by atoms with Crippen LogP contribution in [0.3, 0.4) is 0 Å². The van der Waals surface area contributed by atoms with Gasteiger partial charge in [0.1, 0.15) is 10.3 Å². The van der Waals surface area contributed by atoms with Gasteiger partial charge in [-0.2, -0.15) is 11.8 Å². The van der Waals surface area contributed by atoms with Crippen LogP contribution in [-0.2, 0) is 5.75 Å². The van der Waals surface area contributed by atoms with Crippen LogP contribution in [0.25, 0.3) is 0 Å². The molecular weight excluding hydrogens is 237 g/mol. The van der Waals surface area contributed by atoms with E-state index in [1.807, 2.05) is 17.8 Å². The van der Waals surface area contributed by atoms with Crippen molar-refractivity contribution in [2.24, 2.45) is 0 Å². The summed E-state index contributed by atoms with van der Waals surface area (Å²) in [5.41, 5.74) is 1.06. The first kappa shape index (κ1) is 12.2. The van der Waals surface area contributed by atoms with Crippen molar-refractivity contribution in [1.29, 1.82) is 0 Å². The molecule has 0 aromatic carbocycles. The van der Waals surface area contributed by atoms with Gasteiger partial charge in [-0.05, 0) is 18.1 Å². The number of nitrogens with zero attached hydrogens (tertiary/aromatic N) is 1. The lowest BCUT2D eigenvalue weighted by Crippen LogP contribution is -1.95. The predicted molar refractivity (Wildman–Crippen MR) is 65.3 cm³/mol. The second kappa shape index (κ2) is 5.84. The minimum absolute atomic E-state index is 0.451. The molecule has 0 radical (unpaired) electrons. The zero-order valence-corrected chi connectivity index (χ0v) is 10.6. The molecule has 1 aromatic heterocycles. The number of pyridine rings is 1. The van der Waals surface area contributed by atoms with Gasteiger partial charge in [-0.1, -0.05) is 43.1 Å². The minimum Gasteiger partial charge on any atom is -0.224 e. The summed E-state index contributed by atoms with van der Waals surface area (Å²) in [6.45, 7) is 4.39. The van der Waals surface area contributed by atoms with E-state index in [1.54, 1.807) is 6.07 Å². The van der Waals surface area contributed by atoms with Crippen molar-refractivity contribution >= 4 is 35.0 Å². The molecule has 1 unspecified atom stereocenters. The van der Waals surface area contributed by atoms with Crippen molar-refractivity contribution in [3.8, 4) is 0 Å². The zero-order chi connectivity index (χ0) is 10.6. The molecule has 0 aliphatic heterocycles. The highest BCUT2D eigenvalue weighted by Gasteiger charge is 2.05. The third kappa shape index (κ3) is 3.68. The maximum Gasteiger partial charge on any atom is 0.134 e. The molecule has 1 atom stereocenters. The summed E-state index contributed by atoms with van der Waals surface area (Å²) in [5, 5.41) is 1.63. The van der Waals surface area contributed by atoms with Crippen LogP contribution in [-0.4, -0.2) is 10.2 Å². The van der Waals surface area contributed by atoms with Gasteiger partial charge >= 0.3 is 0 Å². The fraction of sp³-hybridized carbons (Fsp3) is 0.500. The molecule has 14 heavy (non-hydrogen) atoms. The Morgan fingerprint density at radius 2 is 2.14 bits per heavy atom. The Morgan fingerprint density at radius 3 is 2.71 bits per heavy atom. The van der Waals surface area contributed by atoms with Crippen molar-refractivity contribution in [2.45, 2.75) is 31.3 Å². The lowest BCUT2D eigenvalue weighted by molar-refractivity contribution is 0.905. The Balaban J connectivity index is 2.59. The van der Waals surface area contributed by atoms with Crippen molar-refractivity contribution < 1.29 is 0 Å². The molecule has 0 N–H and O–H groups in total. The minimum atomic E-state index is 0.451. The lowest BCUT2D eigenvalue weighted by Gasteiger charge is -2.08. The maximum absolute atomic E-state index is 5.95. The van der Waals surface area contributed by atoms with E-state index >= 15 is 0 Å². The second-order valence-corrected chi connectivity index (χ2v) is 5.29. The highest BCUT2D eigenvalue weighted by Crippen LogP contribution is 2.24. The van der Waals surface area contributed by atoms with Gasteiger partial charge in [-0.15, -0.1) is 0 Å². The third-order valence-electron chi connectivity index (χ3n) is 1.99. The highest BCUT2D eigenvalue weighted by atomic mass is 35.5. The lowest BCUT2D eigenvalue weighted by atomic mass is 10.3. The molecule has 1 rings (SSSR count). The van der Waals surface area contributed by atoms with Crippen molar-refractivity contribution in [3.05, 3.63) is 28.0 Å². The molecule has 0 saturated carbocycles. The summed E-state index contributed by atoms with van der Waals surface area (Å²) in [7, 11) is 0. The second-order valence-electron chi connectivity index (χ2n) is 3.11. The first-order valence-electron chi connectivity index (χ1n) is 4.56. The molecule has 0 amide bonds. The number of hydrogen-bond donors (Lipinski definition) is 0. The molecule has 0 bridgehead atoms.